The Morgan fingerprint density at radius 2 is 2.29 bits per heavy atom. The van der Waals surface area contributed by atoms with E-state index in [-0.39, 0.29) is 6.61 Å². The number of hydrogen-bond acceptors (Lipinski definition) is 6. The highest BCUT2D eigenvalue weighted by atomic mass is 32.1. The summed E-state index contributed by atoms with van der Waals surface area (Å²) in [5.74, 6) is 0. The van der Waals surface area contributed by atoms with E-state index in [1.165, 1.54) is 11.3 Å². The smallest absolute Gasteiger partial charge is 0.139 e. The number of hydrogen-bond donors (Lipinski definition) is 1. The van der Waals surface area contributed by atoms with Crippen molar-refractivity contribution >= 4 is 11.3 Å². The minimum atomic E-state index is -0.0881. The molecule has 7 heteroatoms. The van der Waals surface area contributed by atoms with Gasteiger partial charge in [0.15, 0.2) is 0 Å². The molecule has 0 aliphatic heterocycles. The van der Waals surface area contributed by atoms with Gasteiger partial charge in [0, 0.05) is 0 Å². The van der Waals surface area contributed by atoms with E-state index >= 15 is 0 Å². The van der Waals surface area contributed by atoms with E-state index in [0.717, 1.165) is 10.0 Å². The van der Waals surface area contributed by atoms with Crippen molar-refractivity contribution in [2.24, 2.45) is 0 Å². The van der Waals surface area contributed by atoms with Gasteiger partial charge in [-0.1, -0.05) is 16.6 Å². The van der Waals surface area contributed by atoms with Gasteiger partial charge in [0.05, 0.1) is 19.3 Å². The van der Waals surface area contributed by atoms with Crippen molar-refractivity contribution in [3.05, 3.63) is 21.9 Å². The van der Waals surface area contributed by atoms with Crippen molar-refractivity contribution in [3.63, 3.8) is 0 Å². The number of aryl methyl sites for hydroxylation is 1. The summed E-state index contributed by atoms with van der Waals surface area (Å²) in [5, 5.41) is 26.1. The second-order valence-electron chi connectivity index (χ2n) is 2.78. The third kappa shape index (κ3) is 1.94. The molecule has 1 N–H and O–H groups in total. The minimum absolute atomic E-state index is 0.0881. The quantitative estimate of drug-likeness (QED) is 0.772. The Bertz CT molecular complexity index is 423. The topological polar surface area (TPSA) is 76.7 Å². The molecule has 0 bridgehead atoms. The first kappa shape index (κ1) is 9.22. The summed E-state index contributed by atoms with van der Waals surface area (Å²) in [6, 6.07) is 0. The molecule has 0 saturated heterocycles. The van der Waals surface area contributed by atoms with Gasteiger partial charge in [0.1, 0.15) is 15.7 Å². The number of nitrogens with zero attached hydrogens (tertiary/aromatic N) is 5. The number of rotatable bonds is 3. The third-order valence-corrected chi connectivity index (χ3v) is 2.44. The lowest BCUT2D eigenvalue weighted by Crippen LogP contribution is -1.99. The van der Waals surface area contributed by atoms with Crippen LogP contribution in [0.25, 0.3) is 0 Å². The molecular weight excluding hydrogens is 202 g/mol. The van der Waals surface area contributed by atoms with E-state index in [0.29, 0.717) is 12.2 Å². The Labute approximate surface area is 84.2 Å². The van der Waals surface area contributed by atoms with Crippen LogP contribution in [0, 0.1) is 6.92 Å². The molecule has 0 aliphatic carbocycles. The first-order valence-electron chi connectivity index (χ1n) is 4.07. The van der Waals surface area contributed by atoms with Crippen LogP contribution in [0.15, 0.2) is 6.20 Å². The van der Waals surface area contributed by atoms with E-state index in [4.69, 9.17) is 5.11 Å². The van der Waals surface area contributed by atoms with Gasteiger partial charge in [0.25, 0.3) is 0 Å². The van der Waals surface area contributed by atoms with E-state index in [9.17, 15) is 0 Å². The minimum Gasteiger partial charge on any atom is -0.390 e. The summed E-state index contributed by atoms with van der Waals surface area (Å²) < 4.78 is 1.63. The van der Waals surface area contributed by atoms with Crippen LogP contribution in [0.4, 0.5) is 0 Å². The van der Waals surface area contributed by atoms with Gasteiger partial charge in [-0.15, -0.1) is 15.3 Å². The maximum Gasteiger partial charge on any atom is 0.139 e. The summed E-state index contributed by atoms with van der Waals surface area (Å²) in [6.07, 6.45) is 1.69. The molecule has 0 spiro atoms. The first-order valence-corrected chi connectivity index (χ1v) is 4.88. The van der Waals surface area contributed by atoms with Gasteiger partial charge in [0.2, 0.25) is 0 Å². The fourth-order valence-corrected chi connectivity index (χ4v) is 1.73. The fraction of sp³-hybridized carbons (Fsp3) is 0.429. The highest BCUT2D eigenvalue weighted by molar-refractivity contribution is 7.11. The average Bonchev–Trinajstić information content (AvgIpc) is 2.76. The largest absolute Gasteiger partial charge is 0.390 e. The summed E-state index contributed by atoms with van der Waals surface area (Å²) in [6.45, 7) is 2.37. The van der Waals surface area contributed by atoms with E-state index in [2.05, 4.69) is 20.5 Å². The predicted molar refractivity (Wildman–Crippen MR) is 49.7 cm³/mol. The maximum atomic E-state index is 8.78. The van der Waals surface area contributed by atoms with Crippen molar-refractivity contribution in [1.82, 2.24) is 25.2 Å². The molecule has 0 fully saturated rings. The Morgan fingerprint density at radius 3 is 2.86 bits per heavy atom. The third-order valence-electron chi connectivity index (χ3n) is 1.61. The lowest BCUT2D eigenvalue weighted by atomic mass is 10.5. The standard InChI is InChI=1S/C7H9N5OS/c1-5-8-10-7(14-5)3-12-2-6(4-13)9-11-12/h2,13H,3-4H2,1H3. The van der Waals surface area contributed by atoms with Crippen molar-refractivity contribution in [2.75, 3.05) is 0 Å². The molecule has 0 saturated carbocycles. The molecule has 0 amide bonds. The summed E-state index contributed by atoms with van der Waals surface area (Å²) >= 11 is 1.53. The van der Waals surface area contributed by atoms with Gasteiger partial charge >= 0.3 is 0 Å². The van der Waals surface area contributed by atoms with Crippen molar-refractivity contribution in [3.8, 4) is 0 Å². The van der Waals surface area contributed by atoms with Crippen LogP contribution in [0.1, 0.15) is 15.7 Å². The predicted octanol–water partition coefficient (Wildman–Crippen LogP) is -0.0214. The SMILES string of the molecule is Cc1nnc(Cn2cc(CO)nn2)s1. The molecule has 6 nitrogen and oxygen atoms in total. The second kappa shape index (κ2) is 3.81. The molecule has 74 valence electrons. The van der Waals surface area contributed by atoms with Crippen LogP contribution >= 0.6 is 11.3 Å². The Morgan fingerprint density at radius 1 is 1.43 bits per heavy atom. The zero-order chi connectivity index (χ0) is 9.97. The molecule has 2 rings (SSSR count). The number of aliphatic hydroxyl groups is 1. The molecule has 0 aromatic carbocycles. The van der Waals surface area contributed by atoms with Crippen LogP contribution in [-0.4, -0.2) is 30.3 Å². The molecule has 14 heavy (non-hydrogen) atoms. The monoisotopic (exact) mass is 211 g/mol. The van der Waals surface area contributed by atoms with Crippen molar-refractivity contribution in [2.45, 2.75) is 20.1 Å². The van der Waals surface area contributed by atoms with Gasteiger partial charge in [-0.05, 0) is 6.92 Å². The van der Waals surface area contributed by atoms with E-state index < -0.39 is 0 Å². The van der Waals surface area contributed by atoms with Gasteiger partial charge < -0.3 is 5.11 Å². The molecule has 2 aromatic heterocycles. The second-order valence-corrected chi connectivity index (χ2v) is 4.05. The van der Waals surface area contributed by atoms with Crippen molar-refractivity contribution in [1.29, 1.82) is 0 Å². The first-order chi connectivity index (χ1) is 6.78. The van der Waals surface area contributed by atoms with Crippen LogP contribution in [-0.2, 0) is 13.2 Å². The summed E-state index contributed by atoms with van der Waals surface area (Å²) in [5.41, 5.74) is 0.561. The Balaban J connectivity index is 2.10. The molecule has 0 atom stereocenters. The van der Waals surface area contributed by atoms with Gasteiger partial charge in [-0.3, -0.25) is 0 Å². The van der Waals surface area contributed by atoms with Crippen LogP contribution in [0.2, 0.25) is 0 Å². The maximum absolute atomic E-state index is 8.78. The molecule has 0 unspecified atom stereocenters. The lowest BCUT2D eigenvalue weighted by molar-refractivity contribution is 0.276. The molecular formula is C7H9N5OS. The molecule has 0 radical (unpaired) electrons. The summed E-state index contributed by atoms with van der Waals surface area (Å²) in [7, 11) is 0. The molecule has 2 heterocycles. The van der Waals surface area contributed by atoms with Crippen molar-refractivity contribution < 1.29 is 5.11 Å². The van der Waals surface area contributed by atoms with Crippen LogP contribution < -0.4 is 0 Å². The Hall–Kier alpha value is -1.34. The van der Waals surface area contributed by atoms with Gasteiger partial charge in [-0.25, -0.2) is 4.68 Å². The number of aliphatic hydroxyl groups excluding tert-OH is 1. The zero-order valence-corrected chi connectivity index (χ0v) is 8.40. The highest BCUT2D eigenvalue weighted by Gasteiger charge is 2.03. The zero-order valence-electron chi connectivity index (χ0n) is 7.58. The molecule has 0 aliphatic rings. The van der Waals surface area contributed by atoms with Crippen LogP contribution in [0.5, 0.6) is 0 Å². The number of aromatic nitrogens is 5. The van der Waals surface area contributed by atoms with E-state index in [1.54, 1.807) is 10.9 Å². The highest BCUT2D eigenvalue weighted by Crippen LogP contribution is 2.09. The van der Waals surface area contributed by atoms with Gasteiger partial charge in [-0.2, -0.15) is 0 Å². The lowest BCUT2D eigenvalue weighted by Gasteiger charge is -1.92. The van der Waals surface area contributed by atoms with E-state index in [1.807, 2.05) is 6.92 Å². The fourth-order valence-electron chi connectivity index (χ4n) is 1.03. The van der Waals surface area contributed by atoms with Crippen LogP contribution in [0.3, 0.4) is 0 Å². The summed E-state index contributed by atoms with van der Waals surface area (Å²) in [4.78, 5) is 0. The Kier molecular flexibility index (Phi) is 2.51. The molecule has 2 aromatic rings. The normalized spacial score (nSPS) is 10.7. The average molecular weight is 211 g/mol.